The molecule has 0 unspecified atom stereocenters. The molecule has 1 aromatic rings. The molecule has 0 spiro atoms. The summed E-state index contributed by atoms with van der Waals surface area (Å²) in [4.78, 5) is 18.1. The molecule has 1 rings (SSSR count). The molecule has 0 bridgehead atoms. The van der Waals surface area contributed by atoms with Gasteiger partial charge in [-0.25, -0.2) is 4.98 Å². The van der Waals surface area contributed by atoms with E-state index in [1.54, 1.807) is 6.92 Å². The Morgan fingerprint density at radius 1 is 1.50 bits per heavy atom. The van der Waals surface area contributed by atoms with E-state index in [1.165, 1.54) is 7.11 Å². The molecule has 0 fully saturated rings. The van der Waals surface area contributed by atoms with Crippen molar-refractivity contribution in [2.24, 2.45) is 0 Å². The Labute approximate surface area is 93.0 Å². The fourth-order valence-electron chi connectivity index (χ4n) is 1.21. The minimum atomic E-state index is -0.544. The number of aryl methyl sites for hydroxylation is 1. The van der Waals surface area contributed by atoms with Crippen LogP contribution in [0.4, 0.5) is 11.6 Å². The van der Waals surface area contributed by atoms with E-state index >= 15 is 0 Å². The van der Waals surface area contributed by atoms with E-state index in [0.29, 0.717) is 12.5 Å². The van der Waals surface area contributed by atoms with Crippen molar-refractivity contribution in [3.05, 3.63) is 15.8 Å². The van der Waals surface area contributed by atoms with E-state index in [2.05, 4.69) is 15.3 Å². The second-order valence-electron chi connectivity index (χ2n) is 3.17. The molecule has 88 valence electrons. The molecule has 0 amide bonds. The Morgan fingerprint density at radius 3 is 2.69 bits per heavy atom. The number of nitro groups is 1. The van der Waals surface area contributed by atoms with Crippen molar-refractivity contribution < 1.29 is 9.66 Å². The predicted octanol–water partition coefficient (Wildman–Crippen LogP) is 1.52. The molecule has 0 radical (unpaired) electrons. The Balaban J connectivity index is 3.11. The summed E-state index contributed by atoms with van der Waals surface area (Å²) >= 11 is 0. The SMILES string of the molecule is CCCNc1nc(C)c([N+](=O)[O-])c(OC)n1. The average Bonchev–Trinajstić information content (AvgIpc) is 2.24. The Kier molecular flexibility index (Phi) is 3.98. The van der Waals surface area contributed by atoms with E-state index in [-0.39, 0.29) is 17.3 Å². The van der Waals surface area contributed by atoms with E-state index in [9.17, 15) is 10.1 Å². The maximum Gasteiger partial charge on any atom is 0.352 e. The summed E-state index contributed by atoms with van der Waals surface area (Å²) in [6, 6.07) is 0. The van der Waals surface area contributed by atoms with Crippen LogP contribution >= 0.6 is 0 Å². The van der Waals surface area contributed by atoms with Gasteiger partial charge in [0.2, 0.25) is 5.95 Å². The minimum absolute atomic E-state index is 0.0175. The van der Waals surface area contributed by atoms with Crippen LogP contribution in [-0.2, 0) is 0 Å². The first-order valence-electron chi connectivity index (χ1n) is 4.91. The van der Waals surface area contributed by atoms with Crippen molar-refractivity contribution in [3.63, 3.8) is 0 Å². The summed E-state index contributed by atoms with van der Waals surface area (Å²) in [5.41, 5.74) is 0.0972. The van der Waals surface area contributed by atoms with E-state index < -0.39 is 4.92 Å². The van der Waals surface area contributed by atoms with Gasteiger partial charge in [0.05, 0.1) is 12.0 Å². The third kappa shape index (κ3) is 2.56. The normalized spacial score (nSPS) is 9.94. The van der Waals surface area contributed by atoms with E-state index in [1.807, 2.05) is 6.92 Å². The van der Waals surface area contributed by atoms with E-state index in [4.69, 9.17) is 4.74 Å². The Bertz CT molecular complexity index is 395. The topological polar surface area (TPSA) is 90.2 Å². The maximum atomic E-state index is 10.8. The molecule has 0 saturated carbocycles. The zero-order chi connectivity index (χ0) is 12.1. The average molecular weight is 226 g/mol. The highest BCUT2D eigenvalue weighted by Gasteiger charge is 2.22. The second-order valence-corrected chi connectivity index (χ2v) is 3.17. The van der Waals surface area contributed by atoms with Crippen LogP contribution in [0.25, 0.3) is 0 Å². The van der Waals surface area contributed by atoms with Gasteiger partial charge in [0.15, 0.2) is 0 Å². The molecular formula is C9H14N4O3. The number of ether oxygens (including phenoxy) is 1. The summed E-state index contributed by atoms with van der Waals surface area (Å²) in [5.74, 6) is 0.331. The molecule has 0 atom stereocenters. The fraction of sp³-hybridized carbons (Fsp3) is 0.556. The molecule has 0 aliphatic carbocycles. The Morgan fingerprint density at radius 2 is 2.19 bits per heavy atom. The third-order valence-corrected chi connectivity index (χ3v) is 1.94. The number of nitrogens with one attached hydrogen (secondary N) is 1. The highest BCUT2D eigenvalue weighted by Crippen LogP contribution is 2.27. The molecule has 7 nitrogen and oxygen atoms in total. The predicted molar refractivity (Wildman–Crippen MR) is 58.8 cm³/mol. The smallest absolute Gasteiger partial charge is 0.352 e. The van der Waals surface area contributed by atoms with Gasteiger partial charge >= 0.3 is 5.69 Å². The van der Waals surface area contributed by atoms with Crippen LogP contribution in [0.1, 0.15) is 19.0 Å². The van der Waals surface area contributed by atoms with Crippen LogP contribution in [0.15, 0.2) is 0 Å². The van der Waals surface area contributed by atoms with Crippen molar-refractivity contribution >= 4 is 11.6 Å². The van der Waals surface area contributed by atoms with Crippen molar-refractivity contribution in [1.82, 2.24) is 9.97 Å². The summed E-state index contributed by atoms with van der Waals surface area (Å²) in [5, 5.41) is 13.7. The fourth-order valence-corrected chi connectivity index (χ4v) is 1.21. The monoisotopic (exact) mass is 226 g/mol. The largest absolute Gasteiger partial charge is 0.476 e. The van der Waals surface area contributed by atoms with Gasteiger partial charge in [-0.1, -0.05) is 6.92 Å². The standard InChI is InChI=1S/C9H14N4O3/c1-4-5-10-9-11-6(2)7(13(14)15)8(12-9)16-3/h4-5H2,1-3H3,(H,10,11,12). The number of methoxy groups -OCH3 is 1. The Hall–Kier alpha value is -1.92. The number of aromatic nitrogens is 2. The number of hydrogen-bond acceptors (Lipinski definition) is 6. The zero-order valence-corrected chi connectivity index (χ0v) is 9.48. The van der Waals surface area contributed by atoms with Gasteiger partial charge in [-0.2, -0.15) is 4.98 Å². The van der Waals surface area contributed by atoms with Crippen LogP contribution in [-0.4, -0.2) is 28.5 Å². The van der Waals surface area contributed by atoms with E-state index in [0.717, 1.165) is 6.42 Å². The highest BCUT2D eigenvalue weighted by molar-refractivity contribution is 5.48. The first-order valence-corrected chi connectivity index (χ1v) is 4.91. The number of nitrogens with zero attached hydrogens (tertiary/aromatic N) is 3. The molecule has 0 saturated heterocycles. The van der Waals surface area contributed by atoms with Crippen molar-refractivity contribution in [2.45, 2.75) is 20.3 Å². The third-order valence-electron chi connectivity index (χ3n) is 1.94. The lowest BCUT2D eigenvalue weighted by atomic mass is 10.3. The molecule has 7 heteroatoms. The summed E-state index contributed by atoms with van der Waals surface area (Å²) in [7, 11) is 1.35. The van der Waals surface area contributed by atoms with Crippen LogP contribution in [0, 0.1) is 17.0 Å². The van der Waals surface area contributed by atoms with Gasteiger partial charge in [-0.05, 0) is 13.3 Å². The first kappa shape index (κ1) is 12.2. The summed E-state index contributed by atoms with van der Waals surface area (Å²) in [6.45, 7) is 4.27. The van der Waals surface area contributed by atoms with Crippen LogP contribution < -0.4 is 10.1 Å². The second kappa shape index (κ2) is 5.24. The van der Waals surface area contributed by atoms with Crippen LogP contribution in [0.3, 0.4) is 0 Å². The van der Waals surface area contributed by atoms with Gasteiger partial charge in [0.1, 0.15) is 5.69 Å². The lowest BCUT2D eigenvalue weighted by Gasteiger charge is -2.07. The molecule has 1 heterocycles. The van der Waals surface area contributed by atoms with Gasteiger partial charge < -0.3 is 10.1 Å². The number of hydrogen-bond donors (Lipinski definition) is 1. The molecular weight excluding hydrogens is 212 g/mol. The first-order chi connectivity index (χ1) is 7.60. The van der Waals surface area contributed by atoms with Gasteiger partial charge in [-0.15, -0.1) is 0 Å². The molecule has 0 aliphatic rings. The quantitative estimate of drug-likeness (QED) is 0.604. The lowest BCUT2D eigenvalue weighted by Crippen LogP contribution is -2.08. The molecule has 16 heavy (non-hydrogen) atoms. The summed E-state index contributed by atoms with van der Waals surface area (Å²) < 4.78 is 4.88. The minimum Gasteiger partial charge on any atom is -0.476 e. The number of rotatable bonds is 5. The maximum absolute atomic E-state index is 10.8. The van der Waals surface area contributed by atoms with Gasteiger partial charge in [0, 0.05) is 6.54 Å². The number of anilines is 1. The van der Waals surface area contributed by atoms with Crippen molar-refractivity contribution in [3.8, 4) is 5.88 Å². The zero-order valence-electron chi connectivity index (χ0n) is 9.48. The summed E-state index contributed by atoms with van der Waals surface area (Å²) in [6.07, 6.45) is 0.918. The molecule has 0 aliphatic heterocycles. The molecule has 1 N–H and O–H groups in total. The highest BCUT2D eigenvalue weighted by atomic mass is 16.6. The van der Waals surface area contributed by atoms with Gasteiger partial charge in [0.25, 0.3) is 5.88 Å². The molecule has 0 aromatic carbocycles. The van der Waals surface area contributed by atoms with Crippen LogP contribution in [0.5, 0.6) is 5.88 Å². The van der Waals surface area contributed by atoms with Gasteiger partial charge in [-0.3, -0.25) is 10.1 Å². The lowest BCUT2D eigenvalue weighted by molar-refractivity contribution is -0.387. The van der Waals surface area contributed by atoms with Crippen molar-refractivity contribution in [2.75, 3.05) is 19.0 Å². The van der Waals surface area contributed by atoms with Crippen LogP contribution in [0.2, 0.25) is 0 Å². The molecule has 1 aromatic heterocycles. The van der Waals surface area contributed by atoms with Crippen molar-refractivity contribution in [1.29, 1.82) is 0 Å².